The van der Waals surface area contributed by atoms with Gasteiger partial charge in [0.25, 0.3) is 11.8 Å². The summed E-state index contributed by atoms with van der Waals surface area (Å²) in [6.45, 7) is 0. The van der Waals surface area contributed by atoms with Crippen LogP contribution in [0.3, 0.4) is 0 Å². The molecular weight excluding hydrogens is 409 g/mol. The maximum atomic E-state index is 12.8. The highest BCUT2D eigenvalue weighted by Crippen LogP contribution is 2.29. The maximum Gasteiger partial charge on any atom is 0.334 e. The quantitative estimate of drug-likeness (QED) is 0.393. The van der Waals surface area contributed by atoms with Crippen molar-refractivity contribution in [2.45, 2.75) is 12.5 Å². The zero-order valence-corrected chi connectivity index (χ0v) is 16.6. The maximum absolute atomic E-state index is 12.8. The van der Waals surface area contributed by atoms with E-state index < -0.39 is 23.8 Å². The minimum Gasteiger partial charge on any atom is -0.425 e. The Labute approximate surface area is 170 Å². The Kier molecular flexibility index (Phi) is 6.09. The van der Waals surface area contributed by atoms with Crippen LogP contribution < -0.4 is 4.74 Å². The topological polar surface area (TPSA) is 63.7 Å². The molecule has 1 aliphatic heterocycles. The first-order valence-electron chi connectivity index (χ1n) is 8.06. The third-order valence-corrected chi connectivity index (χ3v) is 5.50. The molecule has 1 heterocycles. The molecule has 5 nitrogen and oxygen atoms in total. The molecule has 0 radical (unpaired) electrons. The van der Waals surface area contributed by atoms with Crippen LogP contribution in [0.15, 0.2) is 42.5 Å². The molecule has 1 atom stereocenters. The number of thioether (sulfide) groups is 1. The predicted molar refractivity (Wildman–Crippen MR) is 106 cm³/mol. The van der Waals surface area contributed by atoms with E-state index in [2.05, 4.69) is 0 Å². The second kappa shape index (κ2) is 8.33. The molecule has 8 heteroatoms. The summed E-state index contributed by atoms with van der Waals surface area (Å²) in [4.78, 5) is 39.2. The number of carbonyl (C=O) groups excluding carboxylic acids is 3. The van der Waals surface area contributed by atoms with Gasteiger partial charge in [-0.1, -0.05) is 35.3 Å². The normalized spacial score (nSPS) is 14.3. The number of rotatable bonds is 6. The van der Waals surface area contributed by atoms with Crippen LogP contribution in [-0.4, -0.2) is 40.7 Å². The number of imide groups is 1. The number of halogens is 2. The minimum absolute atomic E-state index is 0.195. The molecule has 27 heavy (non-hydrogen) atoms. The number of benzene rings is 2. The van der Waals surface area contributed by atoms with Crippen molar-refractivity contribution in [2.24, 2.45) is 0 Å². The number of amides is 2. The van der Waals surface area contributed by atoms with E-state index >= 15 is 0 Å². The lowest BCUT2D eigenvalue weighted by molar-refractivity contribution is -0.138. The second-order valence-electron chi connectivity index (χ2n) is 5.82. The monoisotopic (exact) mass is 423 g/mol. The number of esters is 1. The molecule has 2 aromatic rings. The van der Waals surface area contributed by atoms with Crippen molar-refractivity contribution in [3.8, 4) is 5.75 Å². The summed E-state index contributed by atoms with van der Waals surface area (Å²) >= 11 is 13.3. The van der Waals surface area contributed by atoms with Crippen molar-refractivity contribution in [3.05, 3.63) is 63.6 Å². The van der Waals surface area contributed by atoms with Gasteiger partial charge in [0.1, 0.15) is 11.8 Å². The molecule has 1 unspecified atom stereocenters. The van der Waals surface area contributed by atoms with Crippen molar-refractivity contribution in [1.29, 1.82) is 0 Å². The van der Waals surface area contributed by atoms with E-state index in [9.17, 15) is 14.4 Å². The molecular formula is C19H15Cl2NO4S. The number of hydrogen-bond donors (Lipinski definition) is 0. The Morgan fingerprint density at radius 2 is 1.70 bits per heavy atom. The van der Waals surface area contributed by atoms with Gasteiger partial charge in [-0.3, -0.25) is 14.5 Å². The minimum atomic E-state index is -1.03. The van der Waals surface area contributed by atoms with Gasteiger partial charge < -0.3 is 4.74 Å². The highest BCUT2D eigenvalue weighted by Gasteiger charge is 2.43. The lowest BCUT2D eigenvalue weighted by Gasteiger charge is -2.24. The molecule has 0 fully saturated rings. The van der Waals surface area contributed by atoms with Gasteiger partial charge in [-0.2, -0.15) is 11.8 Å². The van der Waals surface area contributed by atoms with Crippen molar-refractivity contribution < 1.29 is 19.1 Å². The Balaban J connectivity index is 1.87. The van der Waals surface area contributed by atoms with Crippen LogP contribution in [0, 0.1) is 0 Å². The van der Waals surface area contributed by atoms with Gasteiger partial charge in [-0.05, 0) is 42.7 Å². The first-order valence-corrected chi connectivity index (χ1v) is 10.2. The molecule has 3 rings (SSSR count). The first kappa shape index (κ1) is 19.7. The predicted octanol–water partition coefficient (Wildman–Crippen LogP) is 4.32. The number of fused-ring (bicyclic) bond motifs is 1. The number of nitrogens with zero attached hydrogens (tertiary/aromatic N) is 1. The Bertz CT molecular complexity index is 883. The summed E-state index contributed by atoms with van der Waals surface area (Å²) in [5.74, 6) is -0.910. The van der Waals surface area contributed by atoms with Crippen LogP contribution in [0.1, 0.15) is 27.1 Å². The summed E-state index contributed by atoms with van der Waals surface area (Å²) in [6.07, 6.45) is 2.16. The van der Waals surface area contributed by atoms with E-state index in [0.717, 1.165) is 4.90 Å². The van der Waals surface area contributed by atoms with E-state index in [0.29, 0.717) is 21.9 Å². The van der Waals surface area contributed by atoms with Gasteiger partial charge in [-0.15, -0.1) is 0 Å². The number of hydrogen-bond acceptors (Lipinski definition) is 5. The number of carbonyl (C=O) groups is 3. The van der Waals surface area contributed by atoms with Gasteiger partial charge >= 0.3 is 5.97 Å². The fraction of sp³-hybridized carbons (Fsp3) is 0.211. The summed E-state index contributed by atoms with van der Waals surface area (Å²) < 4.78 is 5.38. The summed E-state index contributed by atoms with van der Waals surface area (Å²) in [5.41, 5.74) is 0.581. The van der Waals surface area contributed by atoms with E-state index in [1.165, 1.54) is 30.0 Å². The molecule has 2 amide bonds. The average Bonchev–Trinajstić information content (AvgIpc) is 2.90. The lowest BCUT2D eigenvalue weighted by Crippen LogP contribution is -2.47. The lowest BCUT2D eigenvalue weighted by atomic mass is 10.1. The van der Waals surface area contributed by atoms with E-state index in [1.807, 2.05) is 6.26 Å². The van der Waals surface area contributed by atoms with Crippen molar-refractivity contribution >= 4 is 52.7 Å². The molecule has 140 valence electrons. The van der Waals surface area contributed by atoms with Crippen LogP contribution in [0.2, 0.25) is 10.0 Å². The van der Waals surface area contributed by atoms with Gasteiger partial charge in [-0.25, -0.2) is 4.79 Å². The Morgan fingerprint density at radius 3 is 2.26 bits per heavy atom. The summed E-state index contributed by atoms with van der Waals surface area (Å²) in [7, 11) is 0. The molecule has 0 spiro atoms. The zero-order valence-electron chi connectivity index (χ0n) is 14.3. The van der Waals surface area contributed by atoms with Crippen LogP contribution in [0.4, 0.5) is 0 Å². The molecule has 0 saturated heterocycles. The highest BCUT2D eigenvalue weighted by molar-refractivity contribution is 7.98. The standard InChI is InChI=1S/C19H15Cl2NO4S/c1-27-9-8-16(19(25)26-11-6-7-14(20)15(21)10-11)22-17(23)12-4-2-3-5-13(12)18(22)24/h2-7,10,16H,8-9H2,1H3. The van der Waals surface area contributed by atoms with Crippen LogP contribution in [0.25, 0.3) is 0 Å². The van der Waals surface area contributed by atoms with E-state index in [1.54, 1.807) is 24.3 Å². The van der Waals surface area contributed by atoms with Gasteiger partial charge in [0, 0.05) is 6.07 Å². The Hall–Kier alpha value is -2.02. The molecule has 0 aliphatic carbocycles. The molecule has 2 aromatic carbocycles. The first-order chi connectivity index (χ1) is 12.9. The number of ether oxygens (including phenoxy) is 1. The van der Waals surface area contributed by atoms with Crippen LogP contribution in [0.5, 0.6) is 5.75 Å². The summed E-state index contributed by atoms with van der Waals surface area (Å²) in [5, 5.41) is 0.569. The van der Waals surface area contributed by atoms with E-state index in [-0.39, 0.29) is 17.2 Å². The Morgan fingerprint density at radius 1 is 1.07 bits per heavy atom. The van der Waals surface area contributed by atoms with E-state index in [4.69, 9.17) is 27.9 Å². The molecule has 1 aliphatic rings. The van der Waals surface area contributed by atoms with Crippen LogP contribution >= 0.6 is 35.0 Å². The van der Waals surface area contributed by atoms with Gasteiger partial charge in [0.05, 0.1) is 21.2 Å². The fourth-order valence-electron chi connectivity index (χ4n) is 2.80. The SMILES string of the molecule is CSCCC(C(=O)Oc1ccc(Cl)c(Cl)c1)N1C(=O)c2ccccc2C1=O. The van der Waals surface area contributed by atoms with Crippen molar-refractivity contribution in [3.63, 3.8) is 0 Å². The van der Waals surface area contributed by atoms with Crippen molar-refractivity contribution in [2.75, 3.05) is 12.0 Å². The third-order valence-electron chi connectivity index (χ3n) is 4.11. The van der Waals surface area contributed by atoms with Crippen LogP contribution in [-0.2, 0) is 4.79 Å². The molecule has 0 aromatic heterocycles. The summed E-state index contributed by atoms with van der Waals surface area (Å²) in [6, 6.07) is 9.90. The fourth-order valence-corrected chi connectivity index (χ4v) is 3.54. The van der Waals surface area contributed by atoms with Crippen molar-refractivity contribution in [1.82, 2.24) is 4.90 Å². The third kappa shape index (κ3) is 3.98. The highest BCUT2D eigenvalue weighted by atomic mass is 35.5. The zero-order chi connectivity index (χ0) is 19.6. The van der Waals surface area contributed by atoms with Gasteiger partial charge in [0.15, 0.2) is 0 Å². The molecule has 0 N–H and O–H groups in total. The second-order valence-corrected chi connectivity index (χ2v) is 7.62. The largest absolute Gasteiger partial charge is 0.425 e. The molecule has 0 saturated carbocycles. The average molecular weight is 424 g/mol. The van der Waals surface area contributed by atoms with Gasteiger partial charge in [0.2, 0.25) is 0 Å². The smallest absolute Gasteiger partial charge is 0.334 e. The molecule has 0 bridgehead atoms.